The van der Waals surface area contributed by atoms with Gasteiger partial charge in [-0.1, -0.05) is 0 Å². The van der Waals surface area contributed by atoms with E-state index in [1.165, 1.54) is 0 Å². The Hall–Kier alpha value is 0.569. The van der Waals surface area contributed by atoms with E-state index in [-0.39, 0.29) is 20.1 Å². The molecule has 0 saturated carbocycles. The van der Waals surface area contributed by atoms with E-state index >= 15 is 0 Å². The van der Waals surface area contributed by atoms with Crippen molar-refractivity contribution in [1.82, 2.24) is 0 Å². The van der Waals surface area contributed by atoms with E-state index in [9.17, 15) is 0 Å². The van der Waals surface area contributed by atoms with Crippen LogP contribution in [0, 0.1) is 0 Å². The van der Waals surface area contributed by atoms with E-state index < -0.39 is 0 Å². The van der Waals surface area contributed by atoms with Crippen molar-refractivity contribution in [2.24, 2.45) is 11.5 Å². The summed E-state index contributed by atoms with van der Waals surface area (Å²) in [7, 11) is 0. The van der Waals surface area contributed by atoms with Crippen LogP contribution in [0.2, 0.25) is 0 Å². The standard InChI is InChI=1S/C2H8N2.Ir/c3-1-2-4;/h1-4H2;/q;+3. The quantitative estimate of drug-likeness (QED) is 0.622. The largest absolute Gasteiger partial charge is 3.00 e. The third-order valence-electron chi connectivity index (χ3n) is 0.167. The molecule has 0 fully saturated rings. The summed E-state index contributed by atoms with van der Waals surface area (Å²) in [5.41, 5.74) is 9.81. The summed E-state index contributed by atoms with van der Waals surface area (Å²) in [6.07, 6.45) is 0. The molecule has 0 saturated heterocycles. The van der Waals surface area contributed by atoms with Crippen LogP contribution in [-0.2, 0) is 20.1 Å². The molecular formula is C2H8IrN2+3. The first-order valence-electron chi connectivity index (χ1n) is 1.32. The van der Waals surface area contributed by atoms with Crippen molar-refractivity contribution < 1.29 is 20.1 Å². The average molecular weight is 252 g/mol. The topological polar surface area (TPSA) is 52.0 Å². The summed E-state index contributed by atoms with van der Waals surface area (Å²) in [5, 5.41) is 0. The number of nitrogens with two attached hydrogens (primary N) is 2. The fourth-order valence-corrected chi connectivity index (χ4v) is 0. The molecule has 0 aliphatic carbocycles. The zero-order chi connectivity index (χ0) is 3.41. The summed E-state index contributed by atoms with van der Waals surface area (Å²) in [4.78, 5) is 0. The molecule has 0 unspecified atom stereocenters. The fraction of sp³-hybridized carbons (Fsp3) is 1.00. The zero-order valence-electron chi connectivity index (χ0n) is 2.90. The first-order chi connectivity index (χ1) is 1.91. The molecule has 32 valence electrons. The van der Waals surface area contributed by atoms with E-state index in [0.717, 1.165) is 0 Å². The normalized spacial score (nSPS) is 6.00. The van der Waals surface area contributed by atoms with Crippen molar-refractivity contribution in [3.05, 3.63) is 0 Å². The Balaban J connectivity index is 0. The van der Waals surface area contributed by atoms with Gasteiger partial charge in [0.05, 0.1) is 0 Å². The van der Waals surface area contributed by atoms with Crippen LogP contribution in [0.5, 0.6) is 0 Å². The number of hydrogen-bond donors (Lipinski definition) is 2. The van der Waals surface area contributed by atoms with Gasteiger partial charge >= 0.3 is 20.1 Å². The van der Waals surface area contributed by atoms with Crippen LogP contribution >= 0.6 is 0 Å². The minimum atomic E-state index is 0. The second kappa shape index (κ2) is 8.82. The maximum absolute atomic E-state index is 4.90. The molecule has 4 N–H and O–H groups in total. The van der Waals surface area contributed by atoms with E-state index in [2.05, 4.69) is 0 Å². The summed E-state index contributed by atoms with van der Waals surface area (Å²) < 4.78 is 0. The maximum atomic E-state index is 4.90. The number of hydrogen-bond acceptors (Lipinski definition) is 2. The molecule has 0 spiro atoms. The molecule has 0 aliphatic rings. The predicted molar refractivity (Wildman–Crippen MR) is 18.1 cm³/mol. The molecule has 3 heteroatoms. The van der Waals surface area contributed by atoms with Crippen molar-refractivity contribution >= 4 is 0 Å². The first-order valence-corrected chi connectivity index (χ1v) is 1.32. The summed E-state index contributed by atoms with van der Waals surface area (Å²) in [6.45, 7) is 1.19. The van der Waals surface area contributed by atoms with Gasteiger partial charge in [0.1, 0.15) is 0 Å². The van der Waals surface area contributed by atoms with Crippen molar-refractivity contribution in [3.8, 4) is 0 Å². The molecule has 0 aromatic rings. The van der Waals surface area contributed by atoms with E-state index in [4.69, 9.17) is 11.5 Å². The summed E-state index contributed by atoms with van der Waals surface area (Å²) >= 11 is 0. The Kier molecular flexibility index (Phi) is 16.1. The molecule has 0 bridgehead atoms. The van der Waals surface area contributed by atoms with Crippen molar-refractivity contribution in [1.29, 1.82) is 0 Å². The minimum Gasteiger partial charge on any atom is -0.329 e. The molecule has 0 aromatic carbocycles. The molecule has 2 nitrogen and oxygen atoms in total. The van der Waals surface area contributed by atoms with Crippen LogP contribution in [0.15, 0.2) is 0 Å². The maximum Gasteiger partial charge on any atom is 3.00 e. The first kappa shape index (κ1) is 9.13. The van der Waals surface area contributed by atoms with Crippen molar-refractivity contribution in [2.75, 3.05) is 13.1 Å². The van der Waals surface area contributed by atoms with Gasteiger partial charge in [0.15, 0.2) is 0 Å². The SMILES string of the molecule is NCCN.[Ir+3]. The Morgan fingerprint density at radius 1 is 1.00 bits per heavy atom. The van der Waals surface area contributed by atoms with E-state index in [1.54, 1.807) is 0 Å². The summed E-state index contributed by atoms with van der Waals surface area (Å²) in [5.74, 6) is 0. The van der Waals surface area contributed by atoms with E-state index in [0.29, 0.717) is 13.1 Å². The van der Waals surface area contributed by atoms with Gasteiger partial charge in [-0.05, 0) is 0 Å². The molecule has 0 atom stereocenters. The van der Waals surface area contributed by atoms with Gasteiger partial charge in [0.25, 0.3) is 0 Å². The van der Waals surface area contributed by atoms with Gasteiger partial charge in [-0.25, -0.2) is 0 Å². The summed E-state index contributed by atoms with van der Waals surface area (Å²) in [6, 6.07) is 0. The number of rotatable bonds is 1. The second-order valence-electron chi connectivity index (χ2n) is 0.577. The Bertz CT molecular complexity index is 9.61. The average Bonchev–Trinajstić information content (AvgIpc) is 1.37. The zero-order valence-corrected chi connectivity index (χ0v) is 5.30. The Morgan fingerprint density at radius 3 is 1.20 bits per heavy atom. The molecule has 0 rings (SSSR count). The monoisotopic (exact) mass is 253 g/mol. The molecule has 0 amide bonds. The van der Waals surface area contributed by atoms with Crippen LogP contribution in [0.1, 0.15) is 0 Å². The second-order valence-corrected chi connectivity index (χ2v) is 0.577. The molecule has 0 aliphatic heterocycles. The van der Waals surface area contributed by atoms with Gasteiger partial charge < -0.3 is 11.5 Å². The van der Waals surface area contributed by atoms with Gasteiger partial charge in [-0.2, -0.15) is 0 Å². The minimum absolute atomic E-state index is 0. The van der Waals surface area contributed by atoms with Crippen molar-refractivity contribution in [3.63, 3.8) is 0 Å². The van der Waals surface area contributed by atoms with Gasteiger partial charge in [-0.3, -0.25) is 0 Å². The smallest absolute Gasteiger partial charge is 0.329 e. The molecule has 5 heavy (non-hydrogen) atoms. The van der Waals surface area contributed by atoms with E-state index in [1.807, 2.05) is 0 Å². The van der Waals surface area contributed by atoms with Crippen LogP contribution in [0.3, 0.4) is 0 Å². The van der Waals surface area contributed by atoms with Crippen molar-refractivity contribution in [2.45, 2.75) is 0 Å². The molecular weight excluding hydrogens is 244 g/mol. The molecule has 0 radical (unpaired) electrons. The third-order valence-corrected chi connectivity index (χ3v) is 0.167. The van der Waals surface area contributed by atoms with Crippen LogP contribution in [0.25, 0.3) is 0 Å². The van der Waals surface area contributed by atoms with Gasteiger partial charge in [0, 0.05) is 13.1 Å². The third kappa shape index (κ3) is 12.2. The Morgan fingerprint density at radius 2 is 1.20 bits per heavy atom. The van der Waals surface area contributed by atoms with Gasteiger partial charge in [-0.15, -0.1) is 0 Å². The fourth-order valence-electron chi connectivity index (χ4n) is 0. The van der Waals surface area contributed by atoms with Gasteiger partial charge in [0.2, 0.25) is 0 Å². The van der Waals surface area contributed by atoms with Crippen LogP contribution < -0.4 is 11.5 Å². The van der Waals surface area contributed by atoms with Crippen LogP contribution in [0.4, 0.5) is 0 Å². The Labute approximate surface area is 45.3 Å². The molecule has 0 aromatic heterocycles. The predicted octanol–water partition coefficient (Wildman–Crippen LogP) is -1.10. The van der Waals surface area contributed by atoms with Crippen LogP contribution in [-0.4, -0.2) is 13.1 Å². The molecule has 0 heterocycles.